The highest BCUT2D eigenvalue weighted by Gasteiger charge is 2.04. The SMILES string of the molecule is N#Cc1cc(Cl)nc(NCc2cc(F)ccc2Br)c1. The fourth-order valence-corrected chi connectivity index (χ4v) is 2.11. The van der Waals surface area contributed by atoms with Crippen molar-refractivity contribution in [2.45, 2.75) is 6.54 Å². The van der Waals surface area contributed by atoms with E-state index in [4.69, 9.17) is 16.9 Å². The zero-order chi connectivity index (χ0) is 13.8. The predicted molar refractivity (Wildman–Crippen MR) is 75.4 cm³/mol. The normalized spacial score (nSPS) is 10.0. The quantitative estimate of drug-likeness (QED) is 0.855. The molecule has 0 atom stereocenters. The molecule has 1 aromatic carbocycles. The predicted octanol–water partition coefficient (Wildman–Crippen LogP) is 4.12. The Bertz CT molecular complexity index is 655. The van der Waals surface area contributed by atoms with Gasteiger partial charge in [-0.2, -0.15) is 5.26 Å². The molecule has 0 unspecified atom stereocenters. The lowest BCUT2D eigenvalue weighted by molar-refractivity contribution is 0.625. The van der Waals surface area contributed by atoms with Crippen LogP contribution in [-0.4, -0.2) is 4.98 Å². The van der Waals surface area contributed by atoms with Crippen LogP contribution in [0.3, 0.4) is 0 Å². The summed E-state index contributed by atoms with van der Waals surface area (Å²) in [5, 5.41) is 12.1. The number of aromatic nitrogens is 1. The topological polar surface area (TPSA) is 48.7 Å². The van der Waals surface area contributed by atoms with E-state index in [-0.39, 0.29) is 11.0 Å². The Morgan fingerprint density at radius 2 is 2.16 bits per heavy atom. The lowest BCUT2D eigenvalue weighted by Gasteiger charge is -2.08. The molecule has 0 aliphatic heterocycles. The molecule has 0 radical (unpaired) electrons. The highest BCUT2D eigenvalue weighted by molar-refractivity contribution is 9.10. The maximum atomic E-state index is 13.1. The molecule has 96 valence electrons. The summed E-state index contributed by atoms with van der Waals surface area (Å²) in [6, 6.07) is 9.49. The first kappa shape index (κ1) is 13.8. The van der Waals surface area contributed by atoms with Crippen LogP contribution in [0.4, 0.5) is 10.2 Å². The van der Waals surface area contributed by atoms with Crippen molar-refractivity contribution in [3.8, 4) is 6.07 Å². The van der Waals surface area contributed by atoms with E-state index >= 15 is 0 Å². The second-order valence-corrected chi connectivity index (χ2v) is 5.01. The summed E-state index contributed by atoms with van der Waals surface area (Å²) in [7, 11) is 0. The van der Waals surface area contributed by atoms with Gasteiger partial charge >= 0.3 is 0 Å². The number of benzene rings is 1. The van der Waals surface area contributed by atoms with Crippen LogP contribution in [0.2, 0.25) is 5.15 Å². The third kappa shape index (κ3) is 3.66. The molecule has 2 aromatic rings. The van der Waals surface area contributed by atoms with Gasteiger partial charge in [0, 0.05) is 11.0 Å². The lowest BCUT2D eigenvalue weighted by Crippen LogP contribution is -2.03. The summed E-state index contributed by atoms with van der Waals surface area (Å²) in [6.45, 7) is 0.372. The van der Waals surface area contributed by atoms with Crippen molar-refractivity contribution in [1.29, 1.82) is 5.26 Å². The molecule has 0 bridgehead atoms. The molecular weight excluding hydrogens is 333 g/mol. The Hall–Kier alpha value is -1.64. The van der Waals surface area contributed by atoms with E-state index in [1.165, 1.54) is 18.2 Å². The number of rotatable bonds is 3. The first-order chi connectivity index (χ1) is 9.08. The van der Waals surface area contributed by atoms with E-state index in [2.05, 4.69) is 26.2 Å². The van der Waals surface area contributed by atoms with E-state index in [0.29, 0.717) is 17.9 Å². The van der Waals surface area contributed by atoms with Crippen LogP contribution in [0.25, 0.3) is 0 Å². The summed E-state index contributed by atoms with van der Waals surface area (Å²) in [6.07, 6.45) is 0. The zero-order valence-corrected chi connectivity index (χ0v) is 12.0. The second-order valence-electron chi connectivity index (χ2n) is 3.76. The Morgan fingerprint density at radius 3 is 2.89 bits per heavy atom. The first-order valence-electron chi connectivity index (χ1n) is 5.34. The number of nitrogens with zero attached hydrogens (tertiary/aromatic N) is 2. The van der Waals surface area contributed by atoms with Crippen LogP contribution in [0.5, 0.6) is 0 Å². The van der Waals surface area contributed by atoms with Crippen molar-refractivity contribution >= 4 is 33.3 Å². The van der Waals surface area contributed by atoms with Crippen molar-refractivity contribution in [2.24, 2.45) is 0 Å². The van der Waals surface area contributed by atoms with E-state index in [1.54, 1.807) is 12.1 Å². The summed E-state index contributed by atoms with van der Waals surface area (Å²) in [5.41, 5.74) is 1.17. The van der Waals surface area contributed by atoms with Crippen molar-refractivity contribution in [3.05, 3.63) is 56.9 Å². The molecule has 1 aromatic heterocycles. The van der Waals surface area contributed by atoms with Gasteiger partial charge in [-0.25, -0.2) is 9.37 Å². The van der Waals surface area contributed by atoms with Crippen LogP contribution in [0, 0.1) is 17.1 Å². The number of hydrogen-bond donors (Lipinski definition) is 1. The van der Waals surface area contributed by atoms with E-state index in [9.17, 15) is 4.39 Å². The van der Waals surface area contributed by atoms with Crippen LogP contribution >= 0.6 is 27.5 Å². The van der Waals surface area contributed by atoms with Crippen molar-refractivity contribution < 1.29 is 4.39 Å². The van der Waals surface area contributed by atoms with Gasteiger partial charge in [0.2, 0.25) is 0 Å². The molecule has 0 fully saturated rings. The fourth-order valence-electron chi connectivity index (χ4n) is 1.52. The van der Waals surface area contributed by atoms with Gasteiger partial charge in [0.15, 0.2) is 0 Å². The summed E-state index contributed by atoms with van der Waals surface area (Å²) in [5.74, 6) is 0.164. The van der Waals surface area contributed by atoms with Gasteiger partial charge < -0.3 is 5.32 Å². The summed E-state index contributed by atoms with van der Waals surface area (Å²) < 4.78 is 13.9. The van der Waals surface area contributed by atoms with Crippen LogP contribution in [-0.2, 0) is 6.54 Å². The molecule has 0 amide bonds. The molecule has 0 saturated heterocycles. The number of pyridine rings is 1. The van der Waals surface area contributed by atoms with Crippen molar-refractivity contribution in [1.82, 2.24) is 4.98 Å². The average Bonchev–Trinajstić information content (AvgIpc) is 2.39. The van der Waals surface area contributed by atoms with E-state index in [0.717, 1.165) is 10.0 Å². The average molecular weight is 341 g/mol. The van der Waals surface area contributed by atoms with Crippen LogP contribution < -0.4 is 5.32 Å². The molecule has 0 saturated carbocycles. The minimum atomic E-state index is -0.309. The maximum absolute atomic E-state index is 13.1. The van der Waals surface area contributed by atoms with Gasteiger partial charge in [-0.15, -0.1) is 0 Å². The van der Waals surface area contributed by atoms with Gasteiger partial charge in [-0.05, 0) is 35.9 Å². The smallest absolute Gasteiger partial charge is 0.132 e. The van der Waals surface area contributed by atoms with Gasteiger partial charge in [0.25, 0.3) is 0 Å². The highest BCUT2D eigenvalue weighted by Crippen LogP contribution is 2.20. The second kappa shape index (κ2) is 6.00. The molecule has 0 spiro atoms. The third-order valence-electron chi connectivity index (χ3n) is 2.39. The zero-order valence-electron chi connectivity index (χ0n) is 9.62. The number of halogens is 3. The van der Waals surface area contributed by atoms with Crippen LogP contribution in [0.1, 0.15) is 11.1 Å². The largest absolute Gasteiger partial charge is 0.366 e. The number of hydrogen-bond acceptors (Lipinski definition) is 3. The molecule has 6 heteroatoms. The molecule has 1 heterocycles. The molecule has 3 nitrogen and oxygen atoms in total. The minimum Gasteiger partial charge on any atom is -0.366 e. The number of nitriles is 1. The standard InChI is InChI=1S/C13H8BrClFN3/c14-11-2-1-10(16)5-9(11)7-18-13-4-8(6-17)3-12(15)19-13/h1-5H,7H2,(H,18,19). The third-order valence-corrected chi connectivity index (χ3v) is 3.36. The van der Waals surface area contributed by atoms with Crippen LogP contribution in [0.15, 0.2) is 34.8 Å². The van der Waals surface area contributed by atoms with Gasteiger partial charge in [-0.1, -0.05) is 27.5 Å². The van der Waals surface area contributed by atoms with Gasteiger partial charge in [0.05, 0.1) is 11.6 Å². The highest BCUT2D eigenvalue weighted by atomic mass is 79.9. The fraction of sp³-hybridized carbons (Fsp3) is 0.0769. The molecule has 1 N–H and O–H groups in total. The van der Waals surface area contributed by atoms with Crippen molar-refractivity contribution in [3.63, 3.8) is 0 Å². The molecule has 2 rings (SSSR count). The Morgan fingerprint density at radius 1 is 1.37 bits per heavy atom. The Kier molecular flexibility index (Phi) is 4.35. The van der Waals surface area contributed by atoms with E-state index in [1.807, 2.05) is 6.07 Å². The van der Waals surface area contributed by atoms with Gasteiger partial charge in [0.1, 0.15) is 16.8 Å². The molecule has 0 aliphatic carbocycles. The summed E-state index contributed by atoms with van der Waals surface area (Å²) >= 11 is 9.14. The lowest BCUT2D eigenvalue weighted by atomic mass is 10.2. The Labute approximate surface area is 123 Å². The summed E-state index contributed by atoms with van der Waals surface area (Å²) in [4.78, 5) is 4.04. The monoisotopic (exact) mass is 339 g/mol. The van der Waals surface area contributed by atoms with E-state index < -0.39 is 0 Å². The first-order valence-corrected chi connectivity index (χ1v) is 6.51. The van der Waals surface area contributed by atoms with Gasteiger partial charge in [-0.3, -0.25) is 0 Å². The number of anilines is 1. The van der Waals surface area contributed by atoms with Crippen molar-refractivity contribution in [2.75, 3.05) is 5.32 Å². The maximum Gasteiger partial charge on any atom is 0.132 e. The molecule has 19 heavy (non-hydrogen) atoms. The number of nitrogens with one attached hydrogen (secondary N) is 1. The molecule has 0 aliphatic rings. The minimum absolute atomic E-state index is 0.236. The molecular formula is C13H8BrClFN3. The Balaban J connectivity index is 2.17.